The lowest BCUT2D eigenvalue weighted by Gasteiger charge is -2.59. The van der Waals surface area contributed by atoms with E-state index in [1.54, 1.807) is 5.57 Å². The summed E-state index contributed by atoms with van der Waals surface area (Å²) >= 11 is 0. The van der Waals surface area contributed by atoms with Crippen LogP contribution in [0.25, 0.3) is 0 Å². The Morgan fingerprint density at radius 1 is 0.920 bits per heavy atom. The Hall–Kier alpha value is -0.380. The molecular weight excluding hydrogens is 312 g/mol. The summed E-state index contributed by atoms with van der Waals surface area (Å²) in [6, 6.07) is 0. The number of aliphatic hydroxyl groups excluding tert-OH is 2. The highest BCUT2D eigenvalue weighted by atomic mass is 16.6. The van der Waals surface area contributed by atoms with Crippen LogP contribution in [0.1, 0.15) is 78.1 Å². The van der Waals surface area contributed by atoms with Crippen molar-refractivity contribution in [3.05, 3.63) is 11.6 Å². The van der Waals surface area contributed by atoms with Gasteiger partial charge >= 0.3 is 0 Å². The highest BCUT2D eigenvalue weighted by Crippen LogP contribution is 2.69. The van der Waals surface area contributed by atoms with E-state index in [1.807, 2.05) is 0 Å². The van der Waals surface area contributed by atoms with Crippen LogP contribution in [-0.2, 0) is 4.74 Å². The molecule has 1 saturated heterocycles. The Kier molecular flexibility index (Phi) is 3.57. The standard InChI is InChI=1S/C22H34O3/c1-20-9-5-15(23)13-14(20)3-4-16-17(20)6-10-21(2)18(16)7-11-22(21)12-8-19(24)25-22/h13,15-19,23-24H,3-12H2,1-2H3/t15-,16+,17-,18-,19+,20-,21-,22+/m0/s1. The fraction of sp³-hybridized carbons (Fsp3) is 0.909. The van der Waals surface area contributed by atoms with Crippen molar-refractivity contribution in [3.8, 4) is 0 Å². The molecule has 1 aliphatic heterocycles. The quantitative estimate of drug-likeness (QED) is 0.647. The summed E-state index contributed by atoms with van der Waals surface area (Å²) in [4.78, 5) is 0. The lowest BCUT2D eigenvalue weighted by atomic mass is 9.46. The largest absolute Gasteiger partial charge is 0.389 e. The Balaban J connectivity index is 1.47. The Morgan fingerprint density at radius 3 is 2.44 bits per heavy atom. The molecule has 4 aliphatic carbocycles. The van der Waals surface area contributed by atoms with Gasteiger partial charge in [0.25, 0.3) is 0 Å². The number of hydrogen-bond donors (Lipinski definition) is 2. The number of ether oxygens (including phenoxy) is 1. The fourth-order valence-electron chi connectivity index (χ4n) is 8.14. The maximum Gasteiger partial charge on any atom is 0.155 e. The zero-order valence-electron chi connectivity index (χ0n) is 15.8. The van der Waals surface area contributed by atoms with E-state index in [0.717, 1.165) is 49.9 Å². The van der Waals surface area contributed by atoms with Gasteiger partial charge in [0, 0.05) is 6.42 Å². The predicted octanol–water partition coefficient (Wildman–Crippen LogP) is 4.18. The van der Waals surface area contributed by atoms with Gasteiger partial charge in [0.2, 0.25) is 0 Å². The Morgan fingerprint density at radius 2 is 1.68 bits per heavy atom. The van der Waals surface area contributed by atoms with Crippen molar-refractivity contribution >= 4 is 0 Å². The van der Waals surface area contributed by atoms with Crippen molar-refractivity contribution in [1.29, 1.82) is 0 Å². The monoisotopic (exact) mass is 346 g/mol. The van der Waals surface area contributed by atoms with Crippen molar-refractivity contribution < 1.29 is 14.9 Å². The van der Waals surface area contributed by atoms with Gasteiger partial charge in [-0.2, -0.15) is 0 Å². The van der Waals surface area contributed by atoms with E-state index >= 15 is 0 Å². The molecule has 1 heterocycles. The first-order chi connectivity index (χ1) is 11.9. The van der Waals surface area contributed by atoms with E-state index in [1.165, 1.54) is 32.1 Å². The van der Waals surface area contributed by atoms with Crippen molar-refractivity contribution in [3.63, 3.8) is 0 Å². The van der Waals surface area contributed by atoms with Crippen molar-refractivity contribution in [2.45, 2.75) is 96.1 Å². The summed E-state index contributed by atoms with van der Waals surface area (Å²) in [5.41, 5.74) is 2.06. The average Bonchev–Trinajstić information content (AvgIpc) is 3.10. The van der Waals surface area contributed by atoms with Gasteiger partial charge < -0.3 is 14.9 Å². The number of hydrogen-bond acceptors (Lipinski definition) is 3. The molecule has 3 saturated carbocycles. The molecule has 5 rings (SSSR count). The topological polar surface area (TPSA) is 49.7 Å². The third-order valence-electron chi connectivity index (χ3n) is 9.54. The first kappa shape index (κ1) is 16.8. The normalized spacial score (nSPS) is 57.8. The third kappa shape index (κ3) is 2.09. The van der Waals surface area contributed by atoms with Gasteiger partial charge in [-0.3, -0.25) is 0 Å². The van der Waals surface area contributed by atoms with Crippen LogP contribution < -0.4 is 0 Å². The number of rotatable bonds is 0. The van der Waals surface area contributed by atoms with E-state index in [4.69, 9.17) is 4.74 Å². The van der Waals surface area contributed by atoms with E-state index in [9.17, 15) is 10.2 Å². The van der Waals surface area contributed by atoms with E-state index in [2.05, 4.69) is 19.9 Å². The van der Waals surface area contributed by atoms with Crippen LogP contribution in [0.15, 0.2) is 11.6 Å². The van der Waals surface area contributed by atoms with E-state index in [-0.39, 0.29) is 17.1 Å². The van der Waals surface area contributed by atoms with Crippen LogP contribution in [0.3, 0.4) is 0 Å². The first-order valence-corrected chi connectivity index (χ1v) is 10.6. The maximum absolute atomic E-state index is 10.1. The van der Waals surface area contributed by atoms with Gasteiger partial charge in [-0.05, 0) is 86.4 Å². The Bertz CT molecular complexity index is 600. The van der Waals surface area contributed by atoms with Crippen LogP contribution in [0.5, 0.6) is 0 Å². The molecule has 0 aromatic heterocycles. The summed E-state index contributed by atoms with van der Waals surface area (Å²) in [5.74, 6) is 2.33. The molecule has 4 fully saturated rings. The second-order valence-electron chi connectivity index (χ2n) is 10.2. The molecule has 0 aromatic carbocycles. The van der Waals surface area contributed by atoms with Crippen LogP contribution in [0, 0.1) is 28.6 Å². The van der Waals surface area contributed by atoms with Crippen LogP contribution in [-0.4, -0.2) is 28.2 Å². The molecule has 25 heavy (non-hydrogen) atoms. The van der Waals surface area contributed by atoms with Crippen LogP contribution in [0.4, 0.5) is 0 Å². The maximum atomic E-state index is 10.1. The van der Waals surface area contributed by atoms with Gasteiger partial charge in [-0.15, -0.1) is 0 Å². The number of fused-ring (bicyclic) bond motifs is 6. The van der Waals surface area contributed by atoms with Gasteiger partial charge in [-0.25, -0.2) is 0 Å². The van der Waals surface area contributed by atoms with Gasteiger partial charge in [0.05, 0.1) is 11.7 Å². The summed E-state index contributed by atoms with van der Waals surface area (Å²) in [5, 5.41) is 20.2. The predicted molar refractivity (Wildman–Crippen MR) is 96.8 cm³/mol. The van der Waals surface area contributed by atoms with E-state index < -0.39 is 6.29 Å². The summed E-state index contributed by atoms with van der Waals surface area (Å²) in [6.45, 7) is 4.97. The molecule has 0 radical (unpaired) electrons. The summed E-state index contributed by atoms with van der Waals surface area (Å²) in [7, 11) is 0. The minimum absolute atomic E-state index is 0.0537. The minimum Gasteiger partial charge on any atom is -0.389 e. The number of allylic oxidation sites excluding steroid dienone is 1. The molecule has 0 unspecified atom stereocenters. The minimum atomic E-state index is -0.536. The zero-order valence-corrected chi connectivity index (χ0v) is 15.8. The number of aliphatic hydroxyl groups is 2. The second kappa shape index (κ2) is 5.33. The molecule has 5 aliphatic rings. The first-order valence-electron chi connectivity index (χ1n) is 10.6. The second-order valence-corrected chi connectivity index (χ2v) is 10.2. The SMILES string of the molecule is C[C@]12CC[C@H](O)C=C1CC[C@@H]1[C@@H]2CC[C@@]2(C)[C@H]1CC[C@@]21CC[C@H](O)O1. The average molecular weight is 347 g/mol. The molecule has 2 N–H and O–H groups in total. The molecule has 1 spiro atoms. The van der Waals surface area contributed by atoms with Gasteiger partial charge in [0.15, 0.2) is 6.29 Å². The van der Waals surface area contributed by atoms with E-state index in [0.29, 0.717) is 5.41 Å². The van der Waals surface area contributed by atoms with Crippen LogP contribution >= 0.6 is 0 Å². The fourth-order valence-corrected chi connectivity index (χ4v) is 8.14. The summed E-state index contributed by atoms with van der Waals surface area (Å²) in [6.07, 6.45) is 12.8. The lowest BCUT2D eigenvalue weighted by molar-refractivity contribution is -0.195. The highest BCUT2D eigenvalue weighted by molar-refractivity contribution is 5.26. The van der Waals surface area contributed by atoms with Gasteiger partial charge in [0.1, 0.15) is 0 Å². The lowest BCUT2D eigenvalue weighted by Crippen LogP contribution is -2.54. The molecule has 0 aromatic rings. The van der Waals surface area contributed by atoms with Crippen LogP contribution in [0.2, 0.25) is 0 Å². The Labute approximate surface area is 151 Å². The summed E-state index contributed by atoms with van der Waals surface area (Å²) < 4.78 is 6.22. The molecule has 0 amide bonds. The molecule has 140 valence electrons. The smallest absolute Gasteiger partial charge is 0.155 e. The van der Waals surface area contributed by atoms with Gasteiger partial charge in [-0.1, -0.05) is 25.5 Å². The zero-order chi connectivity index (χ0) is 17.4. The molecule has 8 atom stereocenters. The molecule has 0 bridgehead atoms. The van der Waals surface area contributed by atoms with Crippen molar-refractivity contribution in [1.82, 2.24) is 0 Å². The van der Waals surface area contributed by atoms with Crippen molar-refractivity contribution in [2.75, 3.05) is 0 Å². The van der Waals surface area contributed by atoms with Crippen molar-refractivity contribution in [2.24, 2.45) is 28.6 Å². The molecule has 3 nitrogen and oxygen atoms in total. The third-order valence-corrected chi connectivity index (χ3v) is 9.54. The highest BCUT2D eigenvalue weighted by Gasteiger charge is 2.66. The molecular formula is C22H34O3. The molecule has 3 heteroatoms.